The smallest absolute Gasteiger partial charge is 0.414 e. The van der Waals surface area contributed by atoms with Crippen LogP contribution in [0.25, 0.3) is 0 Å². The van der Waals surface area contributed by atoms with Gasteiger partial charge < -0.3 is 25.1 Å². The summed E-state index contributed by atoms with van der Waals surface area (Å²) >= 11 is 0. The Labute approximate surface area is 195 Å². The summed E-state index contributed by atoms with van der Waals surface area (Å²) in [6, 6.07) is 1.99. The first kappa shape index (κ1) is 27.9. The third kappa shape index (κ3) is 8.05. The summed E-state index contributed by atoms with van der Waals surface area (Å²) in [5.74, 6) is -3.13. The Morgan fingerprint density at radius 1 is 1.06 bits per heavy atom. The number of phenolic OH excluding ortho intramolecular Hbond substituents is 1. The van der Waals surface area contributed by atoms with Crippen molar-refractivity contribution >= 4 is 23.5 Å². The summed E-state index contributed by atoms with van der Waals surface area (Å²) in [4.78, 5) is 35.2. The SMILES string of the molecule is C=CCc1cc2c(c(CC=C)c1O)CCC(=O)N2CCCCN(CC)CC.O=C(O)C(=O)O. The number of fused-ring (bicyclic) bond motifs is 1. The molecule has 0 unspecified atom stereocenters. The van der Waals surface area contributed by atoms with Crippen LogP contribution in [0.2, 0.25) is 0 Å². The van der Waals surface area contributed by atoms with E-state index in [0.717, 1.165) is 61.4 Å². The van der Waals surface area contributed by atoms with Crippen LogP contribution < -0.4 is 4.90 Å². The van der Waals surface area contributed by atoms with E-state index in [9.17, 15) is 9.90 Å². The molecule has 3 N–H and O–H groups in total. The first-order valence-corrected chi connectivity index (χ1v) is 11.3. The lowest BCUT2D eigenvalue weighted by molar-refractivity contribution is -0.159. The minimum absolute atomic E-state index is 0.185. The zero-order valence-corrected chi connectivity index (χ0v) is 19.7. The predicted molar refractivity (Wildman–Crippen MR) is 129 cm³/mol. The fourth-order valence-corrected chi connectivity index (χ4v) is 3.90. The van der Waals surface area contributed by atoms with Crippen molar-refractivity contribution in [3.8, 4) is 5.75 Å². The number of nitrogens with zero attached hydrogens (tertiary/aromatic N) is 2. The Hall–Kier alpha value is -3.13. The molecule has 1 heterocycles. The number of amides is 1. The number of allylic oxidation sites excluding steroid dienone is 2. The van der Waals surface area contributed by atoms with E-state index in [-0.39, 0.29) is 5.91 Å². The van der Waals surface area contributed by atoms with Crippen LogP contribution in [0.15, 0.2) is 31.4 Å². The molecule has 0 spiro atoms. The summed E-state index contributed by atoms with van der Waals surface area (Å²) in [6.07, 6.45) is 8.07. The largest absolute Gasteiger partial charge is 0.507 e. The molecule has 0 aromatic heterocycles. The summed E-state index contributed by atoms with van der Waals surface area (Å²) in [6.45, 7) is 15.9. The normalized spacial score (nSPS) is 12.6. The lowest BCUT2D eigenvalue weighted by atomic mass is 9.90. The van der Waals surface area contributed by atoms with E-state index in [0.29, 0.717) is 31.4 Å². The van der Waals surface area contributed by atoms with Crippen molar-refractivity contribution in [1.29, 1.82) is 0 Å². The highest BCUT2D eigenvalue weighted by Crippen LogP contribution is 2.39. The molecule has 1 aliphatic heterocycles. The Balaban J connectivity index is 0.000000801. The number of anilines is 1. The fraction of sp³-hybridized carbons (Fsp3) is 0.480. The number of hydrogen-bond donors (Lipinski definition) is 3. The fourth-order valence-electron chi connectivity index (χ4n) is 3.90. The minimum atomic E-state index is -1.82. The molecular formula is C25H36N2O6. The molecule has 8 nitrogen and oxygen atoms in total. The van der Waals surface area contributed by atoms with Gasteiger partial charge in [-0.05, 0) is 68.9 Å². The van der Waals surface area contributed by atoms with Crippen LogP contribution in [0.4, 0.5) is 5.69 Å². The average molecular weight is 461 g/mol. The molecule has 8 heteroatoms. The van der Waals surface area contributed by atoms with Crippen molar-refractivity contribution in [3.05, 3.63) is 48.1 Å². The predicted octanol–water partition coefficient (Wildman–Crippen LogP) is 3.41. The maximum Gasteiger partial charge on any atom is 0.414 e. The number of aliphatic carboxylic acids is 2. The van der Waals surface area contributed by atoms with E-state index >= 15 is 0 Å². The average Bonchev–Trinajstić information content (AvgIpc) is 2.78. The number of benzene rings is 1. The Morgan fingerprint density at radius 2 is 1.67 bits per heavy atom. The number of carboxylic acids is 2. The number of carboxylic acid groups (broad SMARTS) is 2. The first-order chi connectivity index (χ1) is 15.7. The van der Waals surface area contributed by atoms with Crippen molar-refractivity contribution in [2.24, 2.45) is 0 Å². The molecular weight excluding hydrogens is 424 g/mol. The molecule has 1 aliphatic rings. The zero-order chi connectivity index (χ0) is 25.0. The molecule has 0 bridgehead atoms. The van der Waals surface area contributed by atoms with Gasteiger partial charge in [0.05, 0.1) is 0 Å². The lowest BCUT2D eigenvalue weighted by Gasteiger charge is -2.32. The molecule has 1 aromatic carbocycles. The van der Waals surface area contributed by atoms with Gasteiger partial charge in [-0.15, -0.1) is 13.2 Å². The highest BCUT2D eigenvalue weighted by atomic mass is 16.4. The number of unbranched alkanes of at least 4 members (excludes halogenated alkanes) is 1. The van der Waals surface area contributed by atoms with Crippen LogP contribution in [0.3, 0.4) is 0 Å². The number of hydrogen-bond acceptors (Lipinski definition) is 5. The summed E-state index contributed by atoms with van der Waals surface area (Å²) < 4.78 is 0. The molecule has 0 saturated carbocycles. The highest BCUT2D eigenvalue weighted by molar-refractivity contribution is 6.27. The van der Waals surface area contributed by atoms with Crippen LogP contribution >= 0.6 is 0 Å². The van der Waals surface area contributed by atoms with Crippen molar-refractivity contribution < 1.29 is 29.7 Å². The van der Waals surface area contributed by atoms with Crippen molar-refractivity contribution in [1.82, 2.24) is 4.90 Å². The molecule has 0 aliphatic carbocycles. The molecule has 182 valence electrons. The minimum Gasteiger partial charge on any atom is -0.507 e. The summed E-state index contributed by atoms with van der Waals surface area (Å²) in [5.41, 5.74) is 3.83. The summed E-state index contributed by atoms with van der Waals surface area (Å²) in [5, 5.41) is 25.5. The quantitative estimate of drug-likeness (QED) is 0.263. The van der Waals surface area contributed by atoms with Gasteiger partial charge in [-0.3, -0.25) is 4.79 Å². The van der Waals surface area contributed by atoms with Gasteiger partial charge in [-0.25, -0.2) is 9.59 Å². The van der Waals surface area contributed by atoms with Gasteiger partial charge in [-0.1, -0.05) is 26.0 Å². The number of carbonyl (C=O) groups is 3. The second-order valence-electron chi connectivity index (χ2n) is 7.74. The molecule has 2 rings (SSSR count). The maximum absolute atomic E-state index is 12.6. The molecule has 0 radical (unpaired) electrons. The summed E-state index contributed by atoms with van der Waals surface area (Å²) in [7, 11) is 0. The van der Waals surface area contributed by atoms with Gasteiger partial charge >= 0.3 is 11.9 Å². The highest BCUT2D eigenvalue weighted by Gasteiger charge is 2.28. The Bertz CT molecular complexity index is 849. The van der Waals surface area contributed by atoms with Gasteiger partial charge in [-0.2, -0.15) is 0 Å². The van der Waals surface area contributed by atoms with Crippen LogP contribution in [0.5, 0.6) is 5.75 Å². The third-order valence-electron chi connectivity index (χ3n) is 5.65. The molecule has 33 heavy (non-hydrogen) atoms. The van der Waals surface area contributed by atoms with E-state index in [1.165, 1.54) is 0 Å². The first-order valence-electron chi connectivity index (χ1n) is 11.3. The molecule has 1 aromatic rings. The van der Waals surface area contributed by atoms with Crippen LogP contribution in [-0.4, -0.2) is 64.2 Å². The van der Waals surface area contributed by atoms with Crippen LogP contribution in [0.1, 0.15) is 49.8 Å². The monoisotopic (exact) mass is 460 g/mol. The lowest BCUT2D eigenvalue weighted by Crippen LogP contribution is -2.37. The second-order valence-corrected chi connectivity index (χ2v) is 7.74. The Morgan fingerprint density at radius 3 is 2.18 bits per heavy atom. The van der Waals surface area contributed by atoms with E-state index in [1.807, 2.05) is 17.0 Å². The van der Waals surface area contributed by atoms with Crippen molar-refractivity contribution in [2.75, 3.05) is 31.1 Å². The molecule has 0 saturated heterocycles. The van der Waals surface area contributed by atoms with E-state index in [4.69, 9.17) is 19.8 Å². The van der Waals surface area contributed by atoms with E-state index in [1.54, 1.807) is 6.08 Å². The molecule has 0 atom stereocenters. The molecule has 0 fully saturated rings. The number of rotatable bonds is 11. The molecule has 1 amide bonds. The van der Waals surface area contributed by atoms with Gasteiger partial charge in [0, 0.05) is 24.2 Å². The number of aromatic hydroxyl groups is 1. The topological polar surface area (TPSA) is 118 Å². The standard InChI is InChI=1S/C23H34N2O2.C2H2O4/c1-5-11-18-17-21-19(20(12-6-2)23(18)27)13-14-22(26)25(21)16-10-9-15-24(7-3)8-4;3-1(4)2(5)6/h5-6,17,27H,1-2,7-16H2,3-4H3;(H,3,4)(H,5,6). The van der Waals surface area contributed by atoms with Gasteiger partial charge in [0.15, 0.2) is 0 Å². The zero-order valence-electron chi connectivity index (χ0n) is 19.7. The van der Waals surface area contributed by atoms with Crippen molar-refractivity contribution in [3.63, 3.8) is 0 Å². The van der Waals surface area contributed by atoms with Gasteiger partial charge in [0.25, 0.3) is 0 Å². The van der Waals surface area contributed by atoms with Crippen molar-refractivity contribution in [2.45, 2.75) is 52.4 Å². The van der Waals surface area contributed by atoms with Crippen LogP contribution in [-0.2, 0) is 33.6 Å². The van der Waals surface area contributed by atoms with E-state index < -0.39 is 11.9 Å². The van der Waals surface area contributed by atoms with Gasteiger partial charge in [0.1, 0.15) is 5.75 Å². The Kier molecular flexibility index (Phi) is 11.9. The third-order valence-corrected chi connectivity index (χ3v) is 5.65. The van der Waals surface area contributed by atoms with Crippen LogP contribution in [0, 0.1) is 0 Å². The second kappa shape index (κ2) is 14.1. The number of phenols is 1. The van der Waals surface area contributed by atoms with Gasteiger partial charge in [0.2, 0.25) is 5.91 Å². The number of carbonyl (C=O) groups excluding carboxylic acids is 1. The maximum atomic E-state index is 12.6. The van der Waals surface area contributed by atoms with E-state index in [2.05, 4.69) is 31.9 Å².